The van der Waals surface area contributed by atoms with Crippen LogP contribution in [-0.2, 0) is 6.54 Å². The van der Waals surface area contributed by atoms with E-state index in [0.29, 0.717) is 25.4 Å². The van der Waals surface area contributed by atoms with E-state index in [2.05, 4.69) is 15.6 Å². The number of nitrogens with one attached hydrogen (secondary N) is 2. The Bertz CT molecular complexity index is 764. The van der Waals surface area contributed by atoms with Crippen LogP contribution in [0.5, 0.6) is 0 Å². The average molecular weight is 505 g/mol. The smallest absolute Gasteiger partial charge is 0.287 e. The van der Waals surface area contributed by atoms with Gasteiger partial charge in [0.15, 0.2) is 11.7 Å². The van der Waals surface area contributed by atoms with Crippen molar-refractivity contribution in [1.29, 1.82) is 0 Å². The second-order valence-corrected chi connectivity index (χ2v) is 6.37. The Morgan fingerprint density at radius 2 is 1.93 bits per heavy atom. The van der Waals surface area contributed by atoms with Crippen molar-refractivity contribution >= 4 is 47.4 Å². The fourth-order valence-electron chi connectivity index (χ4n) is 2.52. The third-order valence-corrected chi connectivity index (χ3v) is 4.30. The fourth-order valence-corrected chi connectivity index (χ4v) is 2.71. The molecule has 0 aliphatic carbocycles. The van der Waals surface area contributed by atoms with Gasteiger partial charge in [-0.2, -0.15) is 0 Å². The summed E-state index contributed by atoms with van der Waals surface area (Å²) in [5, 5.41) is 6.88. The lowest BCUT2D eigenvalue weighted by Crippen LogP contribution is -2.39. The standard InChI is InChI=1S/C19H25ClN4O2.HI/c1-14-9-12-26-17(14)18(25)22-10-6-11-23-19(21-2)24(3)13-15-7-4-5-8-16(15)20;/h4-5,7-9,12H,6,10-11,13H2,1-3H3,(H,21,23)(H,22,25);1H. The number of aliphatic imine (C=N–C) groups is 1. The van der Waals surface area contributed by atoms with Gasteiger partial charge in [0.2, 0.25) is 0 Å². The highest BCUT2D eigenvalue weighted by molar-refractivity contribution is 14.0. The first-order valence-corrected chi connectivity index (χ1v) is 8.88. The van der Waals surface area contributed by atoms with E-state index in [1.807, 2.05) is 43.1 Å². The van der Waals surface area contributed by atoms with Crippen LogP contribution in [0.3, 0.4) is 0 Å². The van der Waals surface area contributed by atoms with Gasteiger partial charge in [-0.05, 0) is 31.0 Å². The lowest BCUT2D eigenvalue weighted by molar-refractivity contribution is 0.0925. The summed E-state index contributed by atoms with van der Waals surface area (Å²) in [7, 11) is 3.70. The highest BCUT2D eigenvalue weighted by Crippen LogP contribution is 2.16. The van der Waals surface area contributed by atoms with Crippen LogP contribution in [0.25, 0.3) is 0 Å². The number of rotatable bonds is 7. The summed E-state index contributed by atoms with van der Waals surface area (Å²) in [5.74, 6) is 0.957. The summed E-state index contributed by atoms with van der Waals surface area (Å²) in [4.78, 5) is 18.2. The molecular weight excluding hydrogens is 479 g/mol. The number of amides is 1. The maximum absolute atomic E-state index is 12.0. The number of hydrogen-bond donors (Lipinski definition) is 2. The Morgan fingerprint density at radius 1 is 1.22 bits per heavy atom. The van der Waals surface area contributed by atoms with E-state index in [-0.39, 0.29) is 29.9 Å². The van der Waals surface area contributed by atoms with Crippen molar-refractivity contribution in [2.45, 2.75) is 19.9 Å². The van der Waals surface area contributed by atoms with Gasteiger partial charge in [-0.15, -0.1) is 24.0 Å². The maximum Gasteiger partial charge on any atom is 0.287 e. The van der Waals surface area contributed by atoms with Crippen LogP contribution >= 0.6 is 35.6 Å². The predicted molar refractivity (Wildman–Crippen MR) is 120 cm³/mol. The van der Waals surface area contributed by atoms with Crippen molar-refractivity contribution in [3.63, 3.8) is 0 Å². The normalized spacial score (nSPS) is 10.9. The molecule has 0 saturated heterocycles. The van der Waals surface area contributed by atoms with Crippen molar-refractivity contribution in [1.82, 2.24) is 15.5 Å². The highest BCUT2D eigenvalue weighted by atomic mass is 127. The summed E-state index contributed by atoms with van der Waals surface area (Å²) in [6, 6.07) is 9.53. The molecule has 1 aromatic carbocycles. The van der Waals surface area contributed by atoms with E-state index in [0.717, 1.165) is 28.5 Å². The van der Waals surface area contributed by atoms with Crippen LogP contribution in [0.2, 0.25) is 5.02 Å². The van der Waals surface area contributed by atoms with E-state index in [1.165, 1.54) is 6.26 Å². The molecule has 6 nitrogen and oxygen atoms in total. The topological polar surface area (TPSA) is 69.9 Å². The minimum absolute atomic E-state index is 0. The van der Waals surface area contributed by atoms with Gasteiger partial charge in [0.05, 0.1) is 6.26 Å². The van der Waals surface area contributed by atoms with E-state index < -0.39 is 0 Å². The lowest BCUT2D eigenvalue weighted by Gasteiger charge is -2.22. The SMILES string of the molecule is CN=C(NCCCNC(=O)c1occc1C)N(C)Cc1ccccc1Cl.I. The van der Waals surface area contributed by atoms with Crippen LogP contribution in [0.4, 0.5) is 0 Å². The summed E-state index contributed by atoms with van der Waals surface area (Å²) < 4.78 is 5.17. The molecule has 2 N–H and O–H groups in total. The summed E-state index contributed by atoms with van der Waals surface area (Å²) in [6.07, 6.45) is 2.29. The Kier molecular flexibility index (Phi) is 10.2. The number of guanidine groups is 1. The number of hydrogen-bond acceptors (Lipinski definition) is 3. The first-order valence-electron chi connectivity index (χ1n) is 8.50. The predicted octanol–water partition coefficient (Wildman–Crippen LogP) is 3.69. The molecule has 1 heterocycles. The van der Waals surface area contributed by atoms with Crippen LogP contribution < -0.4 is 10.6 Å². The van der Waals surface area contributed by atoms with Gasteiger partial charge in [0.25, 0.3) is 5.91 Å². The largest absolute Gasteiger partial charge is 0.459 e. The van der Waals surface area contributed by atoms with Crippen molar-refractivity contribution < 1.29 is 9.21 Å². The zero-order valence-electron chi connectivity index (χ0n) is 15.8. The number of furan rings is 1. The Hall–Kier alpha value is -1.74. The molecule has 0 unspecified atom stereocenters. The molecular formula is C19H26ClIN4O2. The zero-order chi connectivity index (χ0) is 18.9. The lowest BCUT2D eigenvalue weighted by atomic mass is 10.2. The average Bonchev–Trinajstić information content (AvgIpc) is 3.06. The number of carbonyl (C=O) groups is 1. The molecule has 1 aromatic heterocycles. The number of benzene rings is 1. The van der Waals surface area contributed by atoms with Crippen molar-refractivity contribution in [3.8, 4) is 0 Å². The van der Waals surface area contributed by atoms with Crippen LogP contribution in [0.1, 0.15) is 28.1 Å². The van der Waals surface area contributed by atoms with Crippen molar-refractivity contribution in [2.24, 2.45) is 4.99 Å². The molecule has 0 saturated carbocycles. The number of aryl methyl sites for hydroxylation is 1. The highest BCUT2D eigenvalue weighted by Gasteiger charge is 2.12. The quantitative estimate of drug-likeness (QED) is 0.261. The van der Waals surface area contributed by atoms with Gasteiger partial charge in [-0.25, -0.2) is 0 Å². The zero-order valence-corrected chi connectivity index (χ0v) is 18.9. The second kappa shape index (κ2) is 11.9. The minimum Gasteiger partial charge on any atom is -0.459 e. The summed E-state index contributed by atoms with van der Waals surface area (Å²) in [6.45, 7) is 3.75. The van der Waals surface area contributed by atoms with Crippen molar-refractivity contribution in [3.05, 3.63) is 58.5 Å². The van der Waals surface area contributed by atoms with Crippen LogP contribution in [0, 0.1) is 6.92 Å². The van der Waals surface area contributed by atoms with Gasteiger partial charge < -0.3 is 20.0 Å². The van der Waals surface area contributed by atoms with E-state index in [1.54, 1.807) is 13.1 Å². The number of nitrogens with zero attached hydrogens (tertiary/aromatic N) is 2. The molecule has 0 aliphatic rings. The van der Waals surface area contributed by atoms with E-state index in [9.17, 15) is 4.79 Å². The van der Waals surface area contributed by atoms with Gasteiger partial charge in [-0.1, -0.05) is 29.8 Å². The second-order valence-electron chi connectivity index (χ2n) is 5.96. The fraction of sp³-hybridized carbons (Fsp3) is 0.368. The molecule has 0 radical (unpaired) electrons. The number of carbonyl (C=O) groups excluding carboxylic acids is 1. The third kappa shape index (κ3) is 7.06. The summed E-state index contributed by atoms with van der Waals surface area (Å²) in [5.41, 5.74) is 1.88. The molecule has 0 spiro atoms. The van der Waals surface area contributed by atoms with Gasteiger partial charge in [0.1, 0.15) is 0 Å². The molecule has 0 aliphatic heterocycles. The third-order valence-electron chi connectivity index (χ3n) is 3.93. The molecule has 0 atom stereocenters. The molecule has 2 rings (SSSR count). The molecule has 8 heteroatoms. The van der Waals surface area contributed by atoms with Crippen LogP contribution in [0.15, 0.2) is 46.0 Å². The van der Waals surface area contributed by atoms with Crippen LogP contribution in [-0.4, -0.2) is 44.0 Å². The molecule has 148 valence electrons. The molecule has 0 fully saturated rings. The Balaban J connectivity index is 0.00000364. The van der Waals surface area contributed by atoms with Gasteiger partial charge in [0, 0.05) is 44.3 Å². The first kappa shape index (κ1) is 23.3. The van der Waals surface area contributed by atoms with E-state index in [4.69, 9.17) is 16.0 Å². The Morgan fingerprint density at radius 3 is 2.56 bits per heavy atom. The molecule has 1 amide bonds. The number of halogens is 2. The monoisotopic (exact) mass is 504 g/mol. The first-order chi connectivity index (χ1) is 12.5. The van der Waals surface area contributed by atoms with E-state index >= 15 is 0 Å². The minimum atomic E-state index is -0.187. The van der Waals surface area contributed by atoms with Gasteiger partial charge in [-0.3, -0.25) is 9.79 Å². The Labute approximate surface area is 182 Å². The van der Waals surface area contributed by atoms with Gasteiger partial charge >= 0.3 is 0 Å². The molecule has 27 heavy (non-hydrogen) atoms. The maximum atomic E-state index is 12.0. The van der Waals surface area contributed by atoms with Crippen molar-refractivity contribution in [2.75, 3.05) is 27.2 Å². The summed E-state index contributed by atoms with van der Waals surface area (Å²) >= 11 is 6.21. The molecule has 0 bridgehead atoms. The molecule has 2 aromatic rings.